The minimum Gasteiger partial charge on any atom is -0.481 e. The fraction of sp³-hybridized carbons (Fsp3) is 0.0769. The summed E-state index contributed by atoms with van der Waals surface area (Å²) in [6.07, 6.45) is 0. The van der Waals surface area contributed by atoms with Gasteiger partial charge in [0.05, 0.1) is 11.1 Å². The largest absolute Gasteiger partial charge is 0.481 e. The smallest absolute Gasteiger partial charge is 0.341 e. The third-order valence-corrected chi connectivity index (χ3v) is 4.01. The van der Waals surface area contributed by atoms with Crippen molar-refractivity contribution in [3.63, 3.8) is 0 Å². The fourth-order valence-corrected chi connectivity index (χ4v) is 2.60. The van der Waals surface area contributed by atoms with Crippen LogP contribution < -0.4 is 9.47 Å². The van der Waals surface area contributed by atoms with E-state index in [1.807, 2.05) is 60.7 Å². The van der Waals surface area contributed by atoms with Crippen LogP contribution in [0.5, 0.6) is 11.5 Å². The lowest BCUT2D eigenvalue weighted by molar-refractivity contribution is -0.140. The highest BCUT2D eigenvalue weighted by Gasteiger charge is 2.13. The fourth-order valence-electron chi connectivity index (χ4n) is 2.60. The Morgan fingerprint density at radius 2 is 1.00 bits per heavy atom. The summed E-state index contributed by atoms with van der Waals surface area (Å²) in [4.78, 5) is 22.0. The minimum absolute atomic E-state index is 0.205. The van der Waals surface area contributed by atoms with Crippen LogP contribution in [0.4, 0.5) is 0 Å². The van der Waals surface area contributed by atoms with Crippen molar-refractivity contribution >= 4 is 11.9 Å². The molecular formula is C26H18O6. The van der Waals surface area contributed by atoms with E-state index in [9.17, 15) is 9.59 Å². The Kier molecular flexibility index (Phi) is 7.51. The van der Waals surface area contributed by atoms with Crippen LogP contribution in [0.1, 0.15) is 22.3 Å². The monoisotopic (exact) mass is 426 g/mol. The van der Waals surface area contributed by atoms with E-state index in [1.54, 1.807) is 0 Å². The third kappa shape index (κ3) is 6.69. The van der Waals surface area contributed by atoms with Crippen LogP contribution in [-0.2, 0) is 9.59 Å². The summed E-state index contributed by atoms with van der Waals surface area (Å²) in [5, 5.41) is 18.0. The molecule has 0 heterocycles. The molecule has 6 heteroatoms. The molecule has 0 unspecified atom stereocenters. The van der Waals surface area contributed by atoms with Gasteiger partial charge in [-0.2, -0.15) is 0 Å². The van der Waals surface area contributed by atoms with E-state index in [0.29, 0.717) is 11.1 Å². The first kappa shape index (κ1) is 22.0. The molecule has 0 aromatic heterocycles. The first-order valence-corrected chi connectivity index (χ1v) is 9.52. The zero-order chi connectivity index (χ0) is 22.8. The minimum atomic E-state index is -1.14. The van der Waals surface area contributed by atoms with Gasteiger partial charge in [-0.15, -0.1) is 0 Å². The average Bonchev–Trinajstić information content (AvgIpc) is 2.80. The predicted molar refractivity (Wildman–Crippen MR) is 118 cm³/mol. The van der Waals surface area contributed by atoms with Gasteiger partial charge >= 0.3 is 11.9 Å². The molecule has 0 bridgehead atoms. The summed E-state index contributed by atoms with van der Waals surface area (Å²) in [7, 11) is 0. The number of carboxylic acids is 2. The maximum atomic E-state index is 11.0. The standard InChI is InChI=1S/C26H18O6/c27-25(28)17-31-23-16-22(14-12-20-9-5-2-6-10-20)24(32-18-26(29)30)15-21(23)13-11-19-7-3-1-4-8-19/h1-10,15-16H,17-18H2,(H,27,28)(H,29,30). The third-order valence-electron chi connectivity index (χ3n) is 4.01. The molecule has 0 aliphatic heterocycles. The molecule has 0 radical (unpaired) electrons. The van der Waals surface area contributed by atoms with Crippen molar-refractivity contribution < 1.29 is 29.3 Å². The van der Waals surface area contributed by atoms with E-state index in [-0.39, 0.29) is 11.5 Å². The summed E-state index contributed by atoms with van der Waals surface area (Å²) in [5.74, 6) is 9.95. The Morgan fingerprint density at radius 3 is 1.34 bits per heavy atom. The molecule has 0 saturated carbocycles. The average molecular weight is 426 g/mol. The predicted octanol–water partition coefficient (Wildman–Crippen LogP) is 3.41. The van der Waals surface area contributed by atoms with Crippen LogP contribution in [0.15, 0.2) is 72.8 Å². The maximum absolute atomic E-state index is 11.0. The number of aliphatic carboxylic acids is 2. The van der Waals surface area contributed by atoms with E-state index in [4.69, 9.17) is 19.7 Å². The molecule has 2 N–H and O–H groups in total. The van der Waals surface area contributed by atoms with Gasteiger partial charge in [-0.25, -0.2) is 9.59 Å². The second-order valence-electron chi connectivity index (χ2n) is 6.44. The molecule has 32 heavy (non-hydrogen) atoms. The van der Waals surface area contributed by atoms with Crippen molar-refractivity contribution in [1.29, 1.82) is 0 Å². The topological polar surface area (TPSA) is 93.1 Å². The number of hydrogen-bond acceptors (Lipinski definition) is 4. The van der Waals surface area contributed by atoms with Crippen molar-refractivity contribution in [2.24, 2.45) is 0 Å². The Bertz CT molecular complexity index is 1130. The molecule has 0 aliphatic rings. The molecular weight excluding hydrogens is 408 g/mol. The molecule has 0 aliphatic carbocycles. The molecule has 0 amide bonds. The normalized spacial score (nSPS) is 9.50. The number of rotatable bonds is 6. The van der Waals surface area contributed by atoms with E-state index < -0.39 is 25.2 Å². The summed E-state index contributed by atoms with van der Waals surface area (Å²) >= 11 is 0. The van der Waals surface area contributed by atoms with Gasteiger partial charge in [-0.1, -0.05) is 60.1 Å². The van der Waals surface area contributed by atoms with Crippen LogP contribution >= 0.6 is 0 Å². The highest BCUT2D eigenvalue weighted by molar-refractivity contribution is 5.70. The lowest BCUT2D eigenvalue weighted by atomic mass is 10.1. The first-order chi connectivity index (χ1) is 15.5. The van der Waals surface area contributed by atoms with Gasteiger partial charge < -0.3 is 19.7 Å². The Labute approximate surface area is 185 Å². The Balaban J connectivity index is 2.07. The highest BCUT2D eigenvalue weighted by atomic mass is 16.5. The first-order valence-electron chi connectivity index (χ1n) is 9.52. The van der Waals surface area contributed by atoms with Gasteiger partial charge in [0.15, 0.2) is 13.2 Å². The van der Waals surface area contributed by atoms with E-state index in [1.165, 1.54) is 12.1 Å². The molecule has 0 saturated heterocycles. The van der Waals surface area contributed by atoms with Gasteiger partial charge in [-0.05, 0) is 24.3 Å². The van der Waals surface area contributed by atoms with Crippen LogP contribution in [0, 0.1) is 23.7 Å². The molecule has 3 aromatic carbocycles. The zero-order valence-electron chi connectivity index (χ0n) is 16.9. The van der Waals surface area contributed by atoms with E-state index >= 15 is 0 Å². The zero-order valence-corrected chi connectivity index (χ0v) is 16.9. The van der Waals surface area contributed by atoms with Crippen molar-refractivity contribution in [1.82, 2.24) is 0 Å². The summed E-state index contributed by atoms with van der Waals surface area (Å²) in [6.45, 7) is -1.14. The van der Waals surface area contributed by atoms with Gasteiger partial charge in [0.25, 0.3) is 0 Å². The second kappa shape index (κ2) is 10.9. The van der Waals surface area contributed by atoms with Crippen LogP contribution in [0.2, 0.25) is 0 Å². The molecule has 0 spiro atoms. The SMILES string of the molecule is O=C(O)COc1cc(C#Cc2ccccc2)c(OCC(=O)O)cc1C#Cc1ccccc1. The number of ether oxygens (including phenoxy) is 2. The molecule has 3 aromatic rings. The maximum Gasteiger partial charge on any atom is 0.341 e. The number of carbonyl (C=O) groups is 2. The number of hydrogen-bond donors (Lipinski definition) is 2. The molecule has 6 nitrogen and oxygen atoms in total. The summed E-state index contributed by atoms with van der Waals surface area (Å²) in [5.41, 5.74) is 2.19. The van der Waals surface area contributed by atoms with Gasteiger partial charge in [0, 0.05) is 23.3 Å². The number of carboxylic acid groups (broad SMARTS) is 2. The second-order valence-corrected chi connectivity index (χ2v) is 6.44. The summed E-state index contributed by atoms with van der Waals surface area (Å²) in [6, 6.07) is 21.4. The van der Waals surface area contributed by atoms with Crippen molar-refractivity contribution in [3.8, 4) is 35.2 Å². The molecule has 158 valence electrons. The highest BCUT2D eigenvalue weighted by Crippen LogP contribution is 2.29. The van der Waals surface area contributed by atoms with Crippen molar-refractivity contribution in [2.45, 2.75) is 0 Å². The quantitative estimate of drug-likeness (QED) is 0.587. The number of benzene rings is 3. The lowest BCUT2D eigenvalue weighted by Gasteiger charge is -2.11. The van der Waals surface area contributed by atoms with Crippen LogP contribution in [0.25, 0.3) is 0 Å². The van der Waals surface area contributed by atoms with E-state index in [2.05, 4.69) is 23.7 Å². The molecule has 3 rings (SSSR count). The van der Waals surface area contributed by atoms with Gasteiger partial charge in [0.1, 0.15) is 11.5 Å². The Morgan fingerprint density at radius 1 is 0.625 bits per heavy atom. The van der Waals surface area contributed by atoms with Gasteiger partial charge in [0.2, 0.25) is 0 Å². The van der Waals surface area contributed by atoms with Crippen LogP contribution in [-0.4, -0.2) is 35.4 Å². The summed E-state index contributed by atoms with van der Waals surface area (Å²) < 4.78 is 10.8. The van der Waals surface area contributed by atoms with Crippen LogP contribution in [0.3, 0.4) is 0 Å². The Hall–Kier alpha value is -4.68. The van der Waals surface area contributed by atoms with Gasteiger partial charge in [-0.3, -0.25) is 0 Å². The lowest BCUT2D eigenvalue weighted by Crippen LogP contribution is -2.12. The molecule has 0 fully saturated rings. The van der Waals surface area contributed by atoms with Crippen molar-refractivity contribution in [3.05, 3.63) is 95.1 Å². The van der Waals surface area contributed by atoms with Crippen molar-refractivity contribution in [2.75, 3.05) is 13.2 Å². The molecule has 0 atom stereocenters. The van der Waals surface area contributed by atoms with E-state index in [0.717, 1.165) is 11.1 Å².